The lowest BCUT2D eigenvalue weighted by Gasteiger charge is -2.33. The number of fused-ring (bicyclic) bond motifs is 4. The van der Waals surface area contributed by atoms with Crippen molar-refractivity contribution >= 4 is 21.7 Å². The summed E-state index contributed by atoms with van der Waals surface area (Å²) >= 11 is 0. The molecule has 1 atom stereocenters. The van der Waals surface area contributed by atoms with Crippen LogP contribution in [0.15, 0.2) is 72.0 Å². The lowest BCUT2D eigenvalue weighted by molar-refractivity contribution is -0.726. The Labute approximate surface area is 188 Å². The van der Waals surface area contributed by atoms with E-state index in [1.807, 2.05) is 0 Å². The summed E-state index contributed by atoms with van der Waals surface area (Å²) in [7, 11) is 0. The fourth-order valence-electron chi connectivity index (χ4n) is 6.93. The highest BCUT2D eigenvalue weighted by atomic mass is 15.1. The summed E-state index contributed by atoms with van der Waals surface area (Å²) in [6, 6.07) is 15.8. The van der Waals surface area contributed by atoms with Crippen molar-refractivity contribution in [1.82, 2.24) is 4.98 Å². The normalized spacial score (nSPS) is 21.9. The van der Waals surface area contributed by atoms with Crippen molar-refractivity contribution in [2.45, 2.75) is 52.0 Å². The first kappa shape index (κ1) is 18.3. The fourth-order valence-corrected chi connectivity index (χ4v) is 6.93. The second-order valence-electron chi connectivity index (χ2n) is 10.6. The Morgan fingerprint density at radius 1 is 1.00 bits per heavy atom. The summed E-state index contributed by atoms with van der Waals surface area (Å²) in [6.45, 7) is 11.5. The zero-order chi connectivity index (χ0) is 22.0. The number of nitrogens with zero attached hydrogens (tertiary/aromatic N) is 2. The minimum absolute atomic E-state index is 0.104. The number of aromatic nitrogens is 2. The molecule has 2 aliphatic carbocycles. The van der Waals surface area contributed by atoms with Crippen LogP contribution >= 0.6 is 0 Å². The Morgan fingerprint density at radius 3 is 2.62 bits per heavy atom. The molecule has 0 amide bonds. The third-order valence-electron chi connectivity index (χ3n) is 7.95. The number of hydrogen-bond donors (Lipinski definition) is 0. The van der Waals surface area contributed by atoms with Crippen LogP contribution in [0.5, 0.6) is 0 Å². The van der Waals surface area contributed by atoms with E-state index in [4.69, 9.17) is 4.98 Å². The van der Waals surface area contributed by atoms with Crippen LogP contribution in [0.4, 0.5) is 0 Å². The van der Waals surface area contributed by atoms with E-state index in [1.54, 1.807) is 0 Å². The van der Waals surface area contributed by atoms with Gasteiger partial charge in [-0.3, -0.25) is 0 Å². The minimum atomic E-state index is -0.261. The number of pyridine rings is 2. The van der Waals surface area contributed by atoms with Gasteiger partial charge in [0.25, 0.3) is 0 Å². The number of benzene rings is 2. The van der Waals surface area contributed by atoms with Gasteiger partial charge in [0.1, 0.15) is 5.69 Å². The Morgan fingerprint density at radius 2 is 1.81 bits per heavy atom. The summed E-state index contributed by atoms with van der Waals surface area (Å²) < 4.78 is 2.55. The first-order valence-corrected chi connectivity index (χ1v) is 11.6. The van der Waals surface area contributed by atoms with Gasteiger partial charge in [0.05, 0.1) is 16.5 Å². The Bertz CT molecular complexity index is 1600. The van der Waals surface area contributed by atoms with Crippen molar-refractivity contribution < 1.29 is 4.57 Å². The van der Waals surface area contributed by atoms with E-state index in [-0.39, 0.29) is 11.0 Å². The second kappa shape index (κ2) is 5.56. The summed E-state index contributed by atoms with van der Waals surface area (Å²) in [5, 5.41) is 4.03. The van der Waals surface area contributed by atoms with Crippen molar-refractivity contribution in [3.8, 4) is 11.3 Å². The van der Waals surface area contributed by atoms with E-state index < -0.39 is 0 Å². The van der Waals surface area contributed by atoms with Crippen molar-refractivity contribution in [2.75, 3.05) is 0 Å². The Kier molecular flexibility index (Phi) is 3.18. The number of hydrogen-bond acceptors (Lipinski definition) is 1. The molecule has 156 valence electrons. The van der Waals surface area contributed by atoms with Crippen LogP contribution in [0.25, 0.3) is 32.9 Å². The molecule has 2 aromatic carbocycles. The SMILES string of the molecule is CC1=CC2(CC(C)=C1)c1nc3ccccc3c3c1-c1c4c(cc(C)cc4cc[n+]12)C3(C)C. The molecule has 2 nitrogen and oxygen atoms in total. The molecular weight excluding hydrogens is 388 g/mol. The number of aryl methyl sites for hydroxylation is 1. The van der Waals surface area contributed by atoms with Gasteiger partial charge in [-0.25, -0.2) is 4.98 Å². The van der Waals surface area contributed by atoms with Gasteiger partial charge in [-0.2, -0.15) is 4.57 Å². The van der Waals surface area contributed by atoms with E-state index in [1.165, 1.54) is 60.9 Å². The van der Waals surface area contributed by atoms with Gasteiger partial charge in [-0.15, -0.1) is 0 Å². The van der Waals surface area contributed by atoms with E-state index in [0.29, 0.717) is 0 Å². The average Bonchev–Trinajstić information content (AvgIpc) is 2.98. The van der Waals surface area contributed by atoms with Gasteiger partial charge in [-0.05, 0) is 55.0 Å². The molecule has 0 bridgehead atoms. The van der Waals surface area contributed by atoms with Crippen LogP contribution in [-0.2, 0) is 11.0 Å². The quantitative estimate of drug-likeness (QED) is 0.294. The van der Waals surface area contributed by atoms with Crippen molar-refractivity contribution in [2.24, 2.45) is 0 Å². The average molecular weight is 416 g/mol. The fraction of sp³-hybridized carbons (Fsp3) is 0.267. The molecule has 7 rings (SSSR count). The monoisotopic (exact) mass is 415 g/mol. The highest BCUT2D eigenvalue weighted by Crippen LogP contribution is 2.56. The molecule has 3 heterocycles. The topological polar surface area (TPSA) is 16.8 Å². The molecule has 3 aliphatic rings. The third kappa shape index (κ3) is 1.97. The van der Waals surface area contributed by atoms with E-state index in [0.717, 1.165) is 11.9 Å². The van der Waals surface area contributed by atoms with Crippen LogP contribution in [0, 0.1) is 6.92 Å². The number of allylic oxidation sites excluding steroid dienone is 4. The number of para-hydroxylation sites is 1. The van der Waals surface area contributed by atoms with Crippen molar-refractivity contribution in [3.63, 3.8) is 0 Å². The van der Waals surface area contributed by atoms with Crippen LogP contribution in [0.2, 0.25) is 0 Å². The Hall–Kier alpha value is -3.26. The molecular formula is C30H27N2+. The zero-order valence-electron chi connectivity index (χ0n) is 19.4. The third-order valence-corrected chi connectivity index (χ3v) is 7.95. The minimum Gasteiger partial charge on any atom is -0.244 e. The molecule has 0 N–H and O–H groups in total. The van der Waals surface area contributed by atoms with Gasteiger partial charge >= 0.3 is 0 Å². The Balaban J connectivity index is 1.79. The molecule has 1 unspecified atom stereocenters. The molecule has 0 saturated heterocycles. The molecule has 0 saturated carbocycles. The molecule has 1 aliphatic heterocycles. The van der Waals surface area contributed by atoms with Gasteiger partial charge in [0, 0.05) is 23.3 Å². The van der Waals surface area contributed by atoms with Crippen LogP contribution in [-0.4, -0.2) is 4.98 Å². The number of rotatable bonds is 0. The molecule has 4 aromatic rings. The lowest BCUT2D eigenvalue weighted by atomic mass is 9.68. The molecule has 2 aromatic heterocycles. The highest BCUT2D eigenvalue weighted by molar-refractivity contribution is 6.05. The van der Waals surface area contributed by atoms with Gasteiger partial charge in [0.15, 0.2) is 6.20 Å². The maximum atomic E-state index is 5.40. The van der Waals surface area contributed by atoms with Gasteiger partial charge < -0.3 is 0 Å². The van der Waals surface area contributed by atoms with Gasteiger partial charge in [0.2, 0.25) is 11.2 Å². The summed E-state index contributed by atoms with van der Waals surface area (Å²) in [5.74, 6) is 0. The van der Waals surface area contributed by atoms with E-state index in [2.05, 4.69) is 100.0 Å². The maximum absolute atomic E-state index is 5.40. The maximum Gasteiger partial charge on any atom is 0.233 e. The van der Waals surface area contributed by atoms with Crippen molar-refractivity contribution in [3.05, 3.63) is 94.3 Å². The predicted molar refractivity (Wildman–Crippen MR) is 131 cm³/mol. The highest BCUT2D eigenvalue weighted by Gasteiger charge is 2.57. The standard InChI is InChI=1S/C30H27N2/c1-17-13-20-10-11-32-27-24(20)22(14-17)29(4,5)26-21-8-6-7-9-23(21)31-28(25(26)27)30(32)15-18(2)12-19(3)16-30/h6-15H,16H2,1-5H3/q+1. The summed E-state index contributed by atoms with van der Waals surface area (Å²) in [5.41, 5.74) is 11.6. The van der Waals surface area contributed by atoms with Crippen LogP contribution in [0.1, 0.15) is 56.5 Å². The first-order chi connectivity index (χ1) is 15.3. The predicted octanol–water partition coefficient (Wildman–Crippen LogP) is 6.64. The van der Waals surface area contributed by atoms with Crippen LogP contribution < -0.4 is 4.57 Å². The zero-order valence-corrected chi connectivity index (χ0v) is 19.4. The first-order valence-electron chi connectivity index (χ1n) is 11.6. The molecule has 1 spiro atoms. The largest absolute Gasteiger partial charge is 0.244 e. The van der Waals surface area contributed by atoms with Crippen LogP contribution in [0.3, 0.4) is 0 Å². The lowest BCUT2D eigenvalue weighted by Crippen LogP contribution is -2.54. The second-order valence-corrected chi connectivity index (χ2v) is 10.6. The van der Waals surface area contributed by atoms with E-state index in [9.17, 15) is 0 Å². The van der Waals surface area contributed by atoms with Gasteiger partial charge in [-0.1, -0.05) is 61.4 Å². The smallest absolute Gasteiger partial charge is 0.233 e. The summed E-state index contributed by atoms with van der Waals surface area (Å²) in [4.78, 5) is 5.40. The summed E-state index contributed by atoms with van der Waals surface area (Å²) in [6.07, 6.45) is 8.06. The molecule has 0 fully saturated rings. The molecule has 32 heavy (non-hydrogen) atoms. The van der Waals surface area contributed by atoms with E-state index >= 15 is 0 Å². The van der Waals surface area contributed by atoms with Crippen molar-refractivity contribution in [1.29, 1.82) is 0 Å². The molecule has 2 heteroatoms. The molecule has 0 radical (unpaired) electrons.